The number of hydrogen-bond donors (Lipinski definition) is 0. The van der Waals surface area contributed by atoms with Crippen LogP contribution < -0.4 is 0 Å². The molecule has 3 nitrogen and oxygen atoms in total. The van der Waals surface area contributed by atoms with Crippen LogP contribution in [0.15, 0.2) is 33.6 Å². The summed E-state index contributed by atoms with van der Waals surface area (Å²) in [5.74, 6) is 0.648. The third kappa shape index (κ3) is 5.01. The van der Waals surface area contributed by atoms with Gasteiger partial charge in [0.15, 0.2) is 0 Å². The number of ether oxygens (including phenoxy) is 1. The quantitative estimate of drug-likeness (QED) is 0.407. The van der Waals surface area contributed by atoms with Gasteiger partial charge in [-0.05, 0) is 55.5 Å². The van der Waals surface area contributed by atoms with Gasteiger partial charge in [-0.1, -0.05) is 12.1 Å². The van der Waals surface area contributed by atoms with E-state index in [0.29, 0.717) is 12.5 Å². The molecule has 1 aromatic rings. The highest BCUT2D eigenvalue weighted by atomic mass is 32.2. The molecule has 0 radical (unpaired) electrons. The summed E-state index contributed by atoms with van der Waals surface area (Å²) in [5, 5.41) is 2.07. The summed E-state index contributed by atoms with van der Waals surface area (Å²) in [5.41, 5.74) is 4.24. The van der Waals surface area contributed by atoms with Crippen LogP contribution in [0.1, 0.15) is 18.1 Å². The molecule has 0 aliphatic rings. The molecule has 0 amide bonds. The predicted octanol–water partition coefficient (Wildman–Crippen LogP) is 4.10. The maximum Gasteiger partial charge on any atom is 0.0960 e. The van der Waals surface area contributed by atoms with Crippen molar-refractivity contribution in [2.45, 2.75) is 13.8 Å². The highest BCUT2D eigenvalue weighted by Crippen LogP contribution is 2.26. The first-order valence-corrected chi connectivity index (χ1v) is 7.16. The van der Waals surface area contributed by atoms with E-state index < -0.39 is 0 Å². The lowest BCUT2D eigenvalue weighted by Crippen LogP contribution is -1.91. The molecule has 0 saturated carbocycles. The predicted molar refractivity (Wildman–Crippen MR) is 86.9 cm³/mol. The number of nitrogens with zero attached hydrogens (tertiary/aromatic N) is 2. The minimum Gasteiger partial charge on any atom is -0.371 e. The molecular weight excluding hydrogens is 256 g/mol. The number of hydrogen-bond acceptors (Lipinski definition) is 4. The summed E-state index contributed by atoms with van der Waals surface area (Å²) < 4.78 is 5.31. The van der Waals surface area contributed by atoms with E-state index in [1.807, 2.05) is 26.0 Å². The van der Waals surface area contributed by atoms with Crippen molar-refractivity contribution in [3.63, 3.8) is 0 Å². The fourth-order valence-corrected chi connectivity index (χ4v) is 2.31. The van der Waals surface area contributed by atoms with Gasteiger partial charge in [-0.25, -0.2) is 0 Å². The Morgan fingerprint density at radius 2 is 2.21 bits per heavy atom. The van der Waals surface area contributed by atoms with Crippen LogP contribution in [-0.4, -0.2) is 32.5 Å². The third-order valence-corrected chi connectivity index (χ3v) is 3.37. The average molecular weight is 276 g/mol. The molecule has 0 aliphatic heterocycles. The van der Waals surface area contributed by atoms with E-state index in [9.17, 15) is 0 Å². The summed E-state index contributed by atoms with van der Waals surface area (Å²) in [6.45, 7) is 12.5. The van der Waals surface area contributed by atoms with Gasteiger partial charge in [0, 0.05) is 6.61 Å². The van der Waals surface area contributed by atoms with Crippen LogP contribution >= 0.6 is 11.8 Å². The Morgan fingerprint density at radius 1 is 1.42 bits per heavy atom. The Morgan fingerprint density at radius 3 is 2.84 bits per heavy atom. The van der Waals surface area contributed by atoms with Crippen molar-refractivity contribution >= 4 is 36.5 Å². The topological polar surface area (TPSA) is 34.0 Å². The van der Waals surface area contributed by atoms with Crippen molar-refractivity contribution in [2.24, 2.45) is 9.98 Å². The van der Waals surface area contributed by atoms with Crippen molar-refractivity contribution in [1.82, 2.24) is 0 Å². The summed E-state index contributed by atoms with van der Waals surface area (Å²) in [6, 6.07) is 6.15. The Labute approximate surface area is 119 Å². The lowest BCUT2D eigenvalue weighted by molar-refractivity contribution is 0.199. The average Bonchev–Trinajstić information content (AvgIpc) is 2.43. The molecule has 0 aromatic heterocycles. The van der Waals surface area contributed by atoms with Crippen LogP contribution in [0, 0.1) is 6.92 Å². The van der Waals surface area contributed by atoms with E-state index in [0.717, 1.165) is 29.0 Å². The van der Waals surface area contributed by atoms with Gasteiger partial charge in [0.05, 0.1) is 18.2 Å². The second kappa shape index (κ2) is 8.67. The molecule has 1 aromatic carbocycles. The second-order valence-corrected chi connectivity index (χ2v) is 4.77. The molecule has 0 saturated heterocycles. The van der Waals surface area contributed by atoms with E-state index in [2.05, 4.69) is 34.9 Å². The molecule has 0 fully saturated rings. The molecule has 0 atom stereocenters. The van der Waals surface area contributed by atoms with Gasteiger partial charge in [-0.3, -0.25) is 9.98 Å². The number of thioether (sulfide) groups is 1. The van der Waals surface area contributed by atoms with Crippen molar-refractivity contribution in [2.75, 3.05) is 19.1 Å². The first-order chi connectivity index (χ1) is 9.22. The fraction of sp³-hybridized carbons (Fsp3) is 0.333. The van der Waals surface area contributed by atoms with Gasteiger partial charge in [-0.2, -0.15) is 0 Å². The minimum absolute atomic E-state index is 0.582. The van der Waals surface area contributed by atoms with E-state index in [1.54, 1.807) is 11.8 Å². The smallest absolute Gasteiger partial charge is 0.0960 e. The molecule has 102 valence electrons. The maximum absolute atomic E-state index is 5.31. The van der Waals surface area contributed by atoms with Gasteiger partial charge in [0.1, 0.15) is 0 Å². The second-order valence-electron chi connectivity index (χ2n) is 3.96. The van der Waals surface area contributed by atoms with Crippen molar-refractivity contribution in [3.05, 3.63) is 34.7 Å². The number of aryl methyl sites for hydroxylation is 1. The lowest BCUT2D eigenvalue weighted by Gasteiger charge is -2.08. The maximum atomic E-state index is 5.31. The first-order valence-electron chi connectivity index (χ1n) is 6.11. The molecule has 0 spiro atoms. The summed E-state index contributed by atoms with van der Waals surface area (Å²) >= 11 is 1.62. The number of benzene rings is 1. The number of aliphatic imine (C=N–C) groups is 2. The van der Waals surface area contributed by atoms with Crippen molar-refractivity contribution in [3.8, 4) is 0 Å². The highest BCUT2D eigenvalue weighted by Gasteiger charge is 2.04. The minimum atomic E-state index is 0.582. The van der Waals surface area contributed by atoms with Crippen LogP contribution in [0.3, 0.4) is 0 Å². The monoisotopic (exact) mass is 276 g/mol. The molecule has 4 heteroatoms. The standard InChI is InChI=1S/C15H20N2OS/c1-5-18-11-19-10-14(9-16-3)13-7-6-12(2)15(8-13)17-4/h6-8,10H,3-5,9,11H2,1-2H3/b14-10+. The van der Waals surface area contributed by atoms with Gasteiger partial charge in [-0.15, -0.1) is 11.8 Å². The van der Waals surface area contributed by atoms with Crippen LogP contribution in [0.2, 0.25) is 0 Å². The number of rotatable bonds is 8. The van der Waals surface area contributed by atoms with Gasteiger partial charge >= 0.3 is 0 Å². The van der Waals surface area contributed by atoms with E-state index in [4.69, 9.17) is 4.74 Å². The van der Waals surface area contributed by atoms with Gasteiger partial charge in [0.25, 0.3) is 0 Å². The summed E-state index contributed by atoms with van der Waals surface area (Å²) in [6.07, 6.45) is 0. The molecular formula is C15H20N2OS. The molecule has 0 aliphatic carbocycles. The summed E-state index contributed by atoms with van der Waals surface area (Å²) in [4.78, 5) is 8.00. The van der Waals surface area contributed by atoms with Crippen LogP contribution in [0.4, 0.5) is 5.69 Å². The fourth-order valence-electron chi connectivity index (χ4n) is 1.56. The molecule has 1 rings (SSSR count). The Bertz CT molecular complexity index is 469. The zero-order valence-corrected chi connectivity index (χ0v) is 12.4. The zero-order chi connectivity index (χ0) is 14.1. The molecule has 19 heavy (non-hydrogen) atoms. The van der Waals surface area contributed by atoms with Crippen LogP contribution in [0.25, 0.3) is 5.57 Å². The molecule has 0 bridgehead atoms. The Kier molecular flexibility index (Phi) is 7.15. The molecule has 0 heterocycles. The largest absolute Gasteiger partial charge is 0.371 e. The van der Waals surface area contributed by atoms with E-state index in [1.165, 1.54) is 0 Å². The van der Waals surface area contributed by atoms with Crippen LogP contribution in [0.5, 0.6) is 0 Å². The third-order valence-electron chi connectivity index (χ3n) is 2.61. The van der Waals surface area contributed by atoms with Crippen LogP contribution in [-0.2, 0) is 4.74 Å². The van der Waals surface area contributed by atoms with Crippen molar-refractivity contribution < 1.29 is 4.74 Å². The highest BCUT2D eigenvalue weighted by molar-refractivity contribution is 8.02. The normalized spacial score (nSPS) is 11.4. The summed E-state index contributed by atoms with van der Waals surface area (Å²) in [7, 11) is 0. The van der Waals surface area contributed by atoms with E-state index in [-0.39, 0.29) is 0 Å². The lowest BCUT2D eigenvalue weighted by atomic mass is 10.0. The molecule has 0 unspecified atom stereocenters. The van der Waals surface area contributed by atoms with E-state index >= 15 is 0 Å². The SMILES string of the molecule is C=NC/C(=C\SCOCC)c1ccc(C)c(N=C)c1. The zero-order valence-electron chi connectivity index (χ0n) is 11.6. The Hall–Kier alpha value is -1.39. The Balaban J connectivity index is 2.91. The molecule has 0 N–H and O–H groups in total. The van der Waals surface area contributed by atoms with Crippen molar-refractivity contribution in [1.29, 1.82) is 0 Å². The first kappa shape index (κ1) is 15.7. The van der Waals surface area contributed by atoms with Gasteiger partial charge in [0.2, 0.25) is 0 Å². The van der Waals surface area contributed by atoms with Gasteiger partial charge < -0.3 is 4.74 Å².